The number of aliphatic hydroxyl groups is 1. The number of ether oxygens (including phenoxy) is 2. The molecule has 2 aromatic carbocycles. The molecule has 0 radical (unpaired) electrons. The first-order valence-corrected chi connectivity index (χ1v) is 11.5. The van der Waals surface area contributed by atoms with Crippen LogP contribution in [0.25, 0.3) is 0 Å². The van der Waals surface area contributed by atoms with Gasteiger partial charge in [0.1, 0.15) is 11.5 Å². The minimum Gasteiger partial charge on any atom is -0.496 e. The SMILES string of the molecule is CCCCCC(c1c(OC)cccc1OC)C(C(=O)Nc1cccc(CO)c1)C(C)(C)C. The van der Waals surface area contributed by atoms with E-state index in [9.17, 15) is 9.90 Å². The lowest BCUT2D eigenvalue weighted by atomic mass is 9.68. The first-order valence-electron chi connectivity index (χ1n) is 11.5. The van der Waals surface area contributed by atoms with E-state index in [2.05, 4.69) is 33.0 Å². The van der Waals surface area contributed by atoms with Gasteiger partial charge in [0, 0.05) is 17.2 Å². The van der Waals surface area contributed by atoms with Crippen LogP contribution in [0.1, 0.15) is 70.4 Å². The molecule has 0 spiro atoms. The zero-order valence-electron chi connectivity index (χ0n) is 20.4. The highest BCUT2D eigenvalue weighted by Crippen LogP contribution is 2.47. The van der Waals surface area contributed by atoms with Crippen molar-refractivity contribution in [1.82, 2.24) is 0 Å². The van der Waals surface area contributed by atoms with Crippen LogP contribution in [0.2, 0.25) is 0 Å². The summed E-state index contributed by atoms with van der Waals surface area (Å²) in [6.07, 6.45) is 4.08. The summed E-state index contributed by atoms with van der Waals surface area (Å²) in [5.74, 6) is 1.06. The van der Waals surface area contributed by atoms with Crippen molar-refractivity contribution in [2.24, 2.45) is 11.3 Å². The molecule has 176 valence electrons. The summed E-state index contributed by atoms with van der Waals surface area (Å²) in [7, 11) is 3.32. The zero-order valence-corrected chi connectivity index (χ0v) is 20.4. The molecule has 0 bridgehead atoms. The number of carbonyl (C=O) groups is 1. The van der Waals surface area contributed by atoms with Gasteiger partial charge in [-0.05, 0) is 41.7 Å². The molecule has 1 amide bonds. The second-order valence-corrected chi connectivity index (χ2v) is 9.37. The van der Waals surface area contributed by atoms with Gasteiger partial charge < -0.3 is 19.9 Å². The third kappa shape index (κ3) is 6.49. The molecule has 2 N–H and O–H groups in total. The predicted molar refractivity (Wildman–Crippen MR) is 130 cm³/mol. The van der Waals surface area contributed by atoms with Gasteiger partial charge >= 0.3 is 0 Å². The van der Waals surface area contributed by atoms with Crippen LogP contribution >= 0.6 is 0 Å². The van der Waals surface area contributed by atoms with Crippen molar-refractivity contribution in [2.45, 2.75) is 65.9 Å². The van der Waals surface area contributed by atoms with E-state index in [1.807, 2.05) is 42.5 Å². The lowest BCUT2D eigenvalue weighted by Gasteiger charge is -2.37. The Morgan fingerprint density at radius 1 is 1.03 bits per heavy atom. The molecule has 0 aliphatic carbocycles. The molecule has 2 atom stereocenters. The first-order chi connectivity index (χ1) is 15.3. The van der Waals surface area contributed by atoms with Crippen molar-refractivity contribution >= 4 is 11.6 Å². The summed E-state index contributed by atoms with van der Waals surface area (Å²) in [6.45, 7) is 8.44. The average Bonchev–Trinajstić information content (AvgIpc) is 2.77. The van der Waals surface area contributed by atoms with E-state index in [1.54, 1.807) is 14.2 Å². The fourth-order valence-corrected chi connectivity index (χ4v) is 4.48. The highest BCUT2D eigenvalue weighted by atomic mass is 16.5. The second kappa shape index (κ2) is 11.9. The van der Waals surface area contributed by atoms with Crippen LogP contribution in [0.4, 0.5) is 5.69 Å². The van der Waals surface area contributed by atoms with Crippen LogP contribution in [0.15, 0.2) is 42.5 Å². The van der Waals surface area contributed by atoms with E-state index in [-0.39, 0.29) is 29.8 Å². The maximum absolute atomic E-state index is 13.8. The number of amides is 1. The fraction of sp³-hybridized carbons (Fsp3) is 0.519. The standard InChI is InChI=1S/C27H39NO4/c1-7-8-9-14-21(24-22(31-5)15-11-16-23(24)32-6)25(27(2,3)4)26(30)28-20-13-10-12-19(17-20)18-29/h10-13,15-17,21,25,29H,7-9,14,18H2,1-6H3,(H,28,30). The molecule has 0 fully saturated rings. The van der Waals surface area contributed by atoms with Crippen molar-refractivity contribution in [3.8, 4) is 11.5 Å². The Hall–Kier alpha value is -2.53. The molecule has 0 saturated carbocycles. The summed E-state index contributed by atoms with van der Waals surface area (Å²) in [6, 6.07) is 13.1. The highest BCUT2D eigenvalue weighted by Gasteiger charge is 2.41. The van der Waals surface area contributed by atoms with Gasteiger partial charge in [-0.25, -0.2) is 0 Å². The molecule has 5 heteroatoms. The van der Waals surface area contributed by atoms with E-state index >= 15 is 0 Å². The van der Waals surface area contributed by atoms with Crippen LogP contribution in [0.3, 0.4) is 0 Å². The molecule has 0 aromatic heterocycles. The number of nitrogens with one attached hydrogen (secondary N) is 1. The number of benzene rings is 2. The zero-order chi connectivity index (χ0) is 23.7. The molecular weight excluding hydrogens is 402 g/mol. The fourth-order valence-electron chi connectivity index (χ4n) is 4.48. The number of aliphatic hydroxyl groups excluding tert-OH is 1. The third-order valence-electron chi connectivity index (χ3n) is 5.95. The molecule has 32 heavy (non-hydrogen) atoms. The molecule has 2 unspecified atom stereocenters. The van der Waals surface area contributed by atoms with Gasteiger partial charge in [0.25, 0.3) is 0 Å². The van der Waals surface area contributed by atoms with E-state index in [4.69, 9.17) is 9.47 Å². The Balaban J connectivity index is 2.54. The van der Waals surface area contributed by atoms with Gasteiger partial charge in [0.15, 0.2) is 0 Å². The maximum Gasteiger partial charge on any atom is 0.228 e. The summed E-state index contributed by atoms with van der Waals surface area (Å²) in [4.78, 5) is 13.8. The minimum absolute atomic E-state index is 0.0398. The average molecular weight is 442 g/mol. The quantitative estimate of drug-likeness (QED) is 0.410. The van der Waals surface area contributed by atoms with Crippen molar-refractivity contribution < 1.29 is 19.4 Å². The van der Waals surface area contributed by atoms with Crippen LogP contribution < -0.4 is 14.8 Å². The van der Waals surface area contributed by atoms with Crippen LogP contribution in [-0.2, 0) is 11.4 Å². The lowest BCUT2D eigenvalue weighted by molar-refractivity contribution is -0.124. The topological polar surface area (TPSA) is 67.8 Å². The molecule has 5 nitrogen and oxygen atoms in total. The second-order valence-electron chi connectivity index (χ2n) is 9.37. The molecule has 0 saturated heterocycles. The van der Waals surface area contributed by atoms with Gasteiger partial charge in [-0.3, -0.25) is 4.79 Å². The number of rotatable bonds is 11. The lowest BCUT2D eigenvalue weighted by Crippen LogP contribution is -2.38. The van der Waals surface area contributed by atoms with Crippen molar-refractivity contribution in [2.75, 3.05) is 19.5 Å². The number of hydrogen-bond donors (Lipinski definition) is 2. The predicted octanol–water partition coefficient (Wildman–Crippen LogP) is 6.16. The van der Waals surface area contributed by atoms with Gasteiger partial charge in [-0.1, -0.05) is 65.2 Å². The Morgan fingerprint density at radius 3 is 2.19 bits per heavy atom. The Morgan fingerprint density at radius 2 is 1.66 bits per heavy atom. The van der Waals surface area contributed by atoms with Crippen molar-refractivity contribution in [1.29, 1.82) is 0 Å². The third-order valence-corrected chi connectivity index (χ3v) is 5.95. The number of anilines is 1. The molecule has 0 aliphatic rings. The minimum atomic E-state index is -0.317. The molecule has 2 aromatic rings. The first kappa shape index (κ1) is 25.7. The monoisotopic (exact) mass is 441 g/mol. The van der Waals surface area contributed by atoms with Crippen LogP contribution in [0, 0.1) is 11.3 Å². The highest BCUT2D eigenvalue weighted by molar-refractivity contribution is 5.94. The van der Waals surface area contributed by atoms with Crippen molar-refractivity contribution in [3.05, 3.63) is 53.6 Å². The Bertz CT molecular complexity index is 850. The number of methoxy groups -OCH3 is 2. The largest absolute Gasteiger partial charge is 0.496 e. The van der Waals surface area contributed by atoms with Gasteiger partial charge in [-0.2, -0.15) is 0 Å². The molecule has 0 heterocycles. The van der Waals surface area contributed by atoms with Crippen LogP contribution in [0.5, 0.6) is 11.5 Å². The van der Waals surface area contributed by atoms with Crippen molar-refractivity contribution in [3.63, 3.8) is 0 Å². The number of hydrogen-bond acceptors (Lipinski definition) is 4. The van der Waals surface area contributed by atoms with Gasteiger partial charge in [0.05, 0.1) is 26.7 Å². The maximum atomic E-state index is 13.8. The summed E-state index contributed by atoms with van der Waals surface area (Å²) < 4.78 is 11.5. The Labute approximate surface area is 193 Å². The summed E-state index contributed by atoms with van der Waals surface area (Å²) in [5, 5.41) is 12.6. The normalized spacial score (nSPS) is 13.3. The Kier molecular flexibility index (Phi) is 9.58. The van der Waals surface area contributed by atoms with E-state index < -0.39 is 0 Å². The summed E-state index contributed by atoms with van der Waals surface area (Å²) >= 11 is 0. The van der Waals surface area contributed by atoms with E-state index in [1.165, 1.54) is 0 Å². The van der Waals surface area contributed by atoms with Gasteiger partial charge in [0.2, 0.25) is 5.91 Å². The summed E-state index contributed by atoms with van der Waals surface area (Å²) in [5.41, 5.74) is 2.10. The molecule has 2 rings (SSSR count). The van der Waals surface area contributed by atoms with Crippen LogP contribution in [-0.4, -0.2) is 25.2 Å². The smallest absolute Gasteiger partial charge is 0.228 e. The van der Waals surface area contributed by atoms with Gasteiger partial charge in [-0.15, -0.1) is 0 Å². The van der Waals surface area contributed by atoms with E-state index in [0.717, 1.165) is 48.3 Å². The number of carbonyl (C=O) groups excluding carboxylic acids is 1. The molecule has 0 aliphatic heterocycles. The number of unbranched alkanes of at least 4 members (excludes halogenated alkanes) is 2. The molecular formula is C27H39NO4. The van der Waals surface area contributed by atoms with E-state index in [0.29, 0.717) is 5.69 Å².